The first-order valence-corrected chi connectivity index (χ1v) is 11.1. The number of methoxy groups -OCH3 is 3. The number of sulfone groups is 1. The van der Waals surface area contributed by atoms with Crippen LogP contribution in [0.2, 0.25) is 0 Å². The Labute approximate surface area is 174 Å². The minimum absolute atomic E-state index is 0.0699. The van der Waals surface area contributed by atoms with E-state index >= 15 is 0 Å². The Kier molecular flexibility index (Phi) is 5.15. The van der Waals surface area contributed by atoms with E-state index in [2.05, 4.69) is 0 Å². The molecule has 0 heterocycles. The van der Waals surface area contributed by atoms with Crippen LogP contribution in [0.5, 0.6) is 0 Å². The predicted molar refractivity (Wildman–Crippen MR) is 107 cm³/mol. The van der Waals surface area contributed by atoms with E-state index < -0.39 is 33.1 Å². The van der Waals surface area contributed by atoms with Crippen molar-refractivity contribution in [3.63, 3.8) is 0 Å². The molecule has 158 valence electrons. The molecule has 0 aromatic heterocycles. The Morgan fingerprint density at radius 2 is 1.40 bits per heavy atom. The van der Waals surface area contributed by atoms with Crippen LogP contribution >= 0.6 is 0 Å². The number of hydrogen-bond acceptors (Lipinski definition) is 7. The molecular formula is C22H22O7S. The van der Waals surface area contributed by atoms with Gasteiger partial charge < -0.3 is 14.2 Å². The van der Waals surface area contributed by atoms with Crippen molar-refractivity contribution in [1.29, 1.82) is 0 Å². The van der Waals surface area contributed by atoms with Gasteiger partial charge in [0, 0.05) is 18.9 Å². The van der Waals surface area contributed by atoms with Crippen molar-refractivity contribution >= 4 is 21.8 Å². The van der Waals surface area contributed by atoms with Gasteiger partial charge in [-0.25, -0.2) is 18.0 Å². The van der Waals surface area contributed by atoms with E-state index in [0.717, 1.165) is 11.1 Å². The van der Waals surface area contributed by atoms with Crippen molar-refractivity contribution in [3.05, 3.63) is 64.7 Å². The fraction of sp³-hybridized carbons (Fsp3) is 0.364. The Hall–Kier alpha value is -2.71. The Morgan fingerprint density at radius 1 is 0.867 bits per heavy atom. The molecule has 4 rings (SSSR count). The van der Waals surface area contributed by atoms with Gasteiger partial charge in [-0.2, -0.15) is 0 Å². The number of fused-ring (bicyclic) bond motifs is 5. The van der Waals surface area contributed by atoms with Crippen LogP contribution in [-0.2, 0) is 24.0 Å². The van der Waals surface area contributed by atoms with Crippen molar-refractivity contribution in [3.8, 4) is 0 Å². The molecule has 2 aromatic rings. The smallest absolute Gasteiger partial charge is 0.338 e. The Morgan fingerprint density at radius 3 is 1.90 bits per heavy atom. The van der Waals surface area contributed by atoms with Gasteiger partial charge in [-0.1, -0.05) is 18.2 Å². The van der Waals surface area contributed by atoms with Crippen molar-refractivity contribution in [1.82, 2.24) is 0 Å². The zero-order chi connectivity index (χ0) is 21.6. The summed E-state index contributed by atoms with van der Waals surface area (Å²) in [5.41, 5.74) is 1.73. The summed E-state index contributed by atoms with van der Waals surface area (Å²) < 4.78 is 42.2. The lowest BCUT2D eigenvalue weighted by molar-refractivity contribution is 0.0554. The second-order valence-corrected chi connectivity index (χ2v) is 9.59. The van der Waals surface area contributed by atoms with Crippen molar-refractivity contribution in [2.45, 2.75) is 34.5 Å². The number of esters is 2. The van der Waals surface area contributed by atoms with E-state index in [-0.39, 0.29) is 27.9 Å². The standard InChI is InChI=1S/C22H22O7S/c1-27-19-15-11-16(20(19)30(25,26)12-7-5-4-6-8-12)14-10-18(22(24)29-3)17(9-13(14)15)21(23)28-2/h4-10,15-16,19-20H,11H2,1-3H3/t15-,16+,19+,20-/m0/s1. The average molecular weight is 430 g/mol. The summed E-state index contributed by atoms with van der Waals surface area (Å²) in [5, 5.41) is -0.781. The van der Waals surface area contributed by atoms with Gasteiger partial charge in [0.15, 0.2) is 9.84 Å². The first-order valence-electron chi connectivity index (χ1n) is 9.51. The van der Waals surface area contributed by atoms with Crippen molar-refractivity contribution in [2.75, 3.05) is 21.3 Å². The summed E-state index contributed by atoms with van der Waals surface area (Å²) >= 11 is 0. The molecule has 30 heavy (non-hydrogen) atoms. The molecule has 0 amide bonds. The number of ether oxygens (including phenoxy) is 3. The monoisotopic (exact) mass is 430 g/mol. The van der Waals surface area contributed by atoms with Crippen LogP contribution in [0.1, 0.15) is 50.1 Å². The molecule has 0 radical (unpaired) electrons. The van der Waals surface area contributed by atoms with Gasteiger partial charge in [-0.15, -0.1) is 0 Å². The summed E-state index contributed by atoms with van der Waals surface area (Å²) in [6, 6.07) is 11.5. The van der Waals surface area contributed by atoms with Gasteiger partial charge in [0.05, 0.1) is 41.6 Å². The highest BCUT2D eigenvalue weighted by Gasteiger charge is 2.57. The van der Waals surface area contributed by atoms with E-state index in [1.807, 2.05) is 0 Å². The second-order valence-electron chi connectivity index (χ2n) is 7.48. The van der Waals surface area contributed by atoms with Crippen LogP contribution in [0.4, 0.5) is 0 Å². The van der Waals surface area contributed by atoms with Gasteiger partial charge in [-0.05, 0) is 41.8 Å². The molecule has 1 saturated carbocycles. The van der Waals surface area contributed by atoms with Gasteiger partial charge in [0.1, 0.15) is 0 Å². The molecule has 0 aliphatic heterocycles. The quantitative estimate of drug-likeness (QED) is 0.673. The fourth-order valence-corrected chi connectivity index (χ4v) is 7.09. The van der Waals surface area contributed by atoms with Gasteiger partial charge in [0.25, 0.3) is 0 Å². The number of benzene rings is 2. The average Bonchev–Trinajstić information content (AvgIpc) is 3.34. The summed E-state index contributed by atoms with van der Waals surface area (Å²) in [7, 11) is 0.294. The summed E-state index contributed by atoms with van der Waals surface area (Å²) in [5.74, 6) is -1.88. The largest absolute Gasteiger partial charge is 0.465 e. The molecule has 0 saturated heterocycles. The number of carbonyl (C=O) groups excluding carboxylic acids is 2. The van der Waals surface area contributed by atoms with E-state index in [4.69, 9.17) is 14.2 Å². The zero-order valence-electron chi connectivity index (χ0n) is 16.8. The van der Waals surface area contributed by atoms with E-state index in [9.17, 15) is 18.0 Å². The Balaban J connectivity index is 1.86. The number of carbonyl (C=O) groups is 2. The topological polar surface area (TPSA) is 96.0 Å². The maximum atomic E-state index is 13.5. The van der Waals surface area contributed by atoms with Gasteiger partial charge >= 0.3 is 11.9 Å². The minimum atomic E-state index is -3.68. The van der Waals surface area contributed by atoms with Crippen molar-refractivity contribution < 1.29 is 32.2 Å². The van der Waals surface area contributed by atoms with Gasteiger partial charge in [-0.3, -0.25) is 0 Å². The number of rotatable bonds is 5. The molecule has 0 spiro atoms. The van der Waals surface area contributed by atoms with Gasteiger partial charge in [0.2, 0.25) is 0 Å². The molecule has 1 fully saturated rings. The molecule has 2 bridgehead atoms. The summed E-state index contributed by atoms with van der Waals surface area (Å²) in [4.78, 5) is 24.8. The molecule has 0 unspecified atom stereocenters. The SMILES string of the molecule is COC(=O)c1cc2c(cc1C(=O)OC)[C@@H]1C[C@H]2[C@H](S(=O)(=O)c2ccccc2)[C@@H]1OC. The van der Waals surface area contributed by atoms with E-state index in [1.54, 1.807) is 42.5 Å². The lowest BCUT2D eigenvalue weighted by atomic mass is 9.86. The maximum Gasteiger partial charge on any atom is 0.338 e. The zero-order valence-corrected chi connectivity index (χ0v) is 17.6. The third kappa shape index (κ3) is 2.94. The number of hydrogen-bond donors (Lipinski definition) is 0. The van der Waals surface area contributed by atoms with E-state index in [1.165, 1.54) is 21.3 Å². The highest BCUT2D eigenvalue weighted by Crippen LogP contribution is 2.57. The molecule has 8 heteroatoms. The molecule has 2 aromatic carbocycles. The van der Waals surface area contributed by atoms with Crippen LogP contribution in [0.25, 0.3) is 0 Å². The predicted octanol–water partition coefficient (Wildman–Crippen LogP) is 2.70. The van der Waals surface area contributed by atoms with Crippen molar-refractivity contribution in [2.24, 2.45) is 0 Å². The van der Waals surface area contributed by atoms with Crippen LogP contribution < -0.4 is 0 Å². The summed E-state index contributed by atoms with van der Waals surface area (Å²) in [6.45, 7) is 0. The minimum Gasteiger partial charge on any atom is -0.465 e. The normalized spacial score (nSPS) is 24.4. The maximum absolute atomic E-state index is 13.5. The van der Waals surface area contributed by atoms with Crippen LogP contribution in [0.3, 0.4) is 0 Å². The first-order chi connectivity index (χ1) is 14.3. The fourth-order valence-electron chi connectivity index (χ4n) is 4.90. The Bertz CT molecular complexity index is 1110. The third-order valence-electron chi connectivity index (χ3n) is 6.16. The van der Waals surface area contributed by atoms with E-state index in [0.29, 0.717) is 6.42 Å². The molecule has 7 nitrogen and oxygen atoms in total. The molecule has 4 atom stereocenters. The second kappa shape index (κ2) is 7.52. The summed E-state index contributed by atoms with van der Waals surface area (Å²) in [6.07, 6.45) is 0.0117. The lowest BCUT2D eigenvalue weighted by Crippen LogP contribution is -2.39. The van der Waals surface area contributed by atoms with Crippen LogP contribution in [-0.4, -0.2) is 53.0 Å². The van der Waals surface area contributed by atoms with Crippen LogP contribution in [0, 0.1) is 0 Å². The molecular weight excluding hydrogens is 408 g/mol. The highest BCUT2D eigenvalue weighted by atomic mass is 32.2. The molecule has 2 aliphatic carbocycles. The third-order valence-corrected chi connectivity index (χ3v) is 8.40. The molecule has 0 N–H and O–H groups in total. The lowest BCUT2D eigenvalue weighted by Gasteiger charge is -2.32. The molecule has 2 aliphatic rings. The highest BCUT2D eigenvalue weighted by molar-refractivity contribution is 7.92. The first kappa shape index (κ1) is 20.6. The van der Waals surface area contributed by atoms with Crippen LogP contribution in [0.15, 0.2) is 47.4 Å².